The summed E-state index contributed by atoms with van der Waals surface area (Å²) in [5.41, 5.74) is 1.18. The van der Waals surface area contributed by atoms with Gasteiger partial charge in [-0.1, -0.05) is 19.1 Å². The van der Waals surface area contributed by atoms with Crippen LogP contribution in [0.1, 0.15) is 18.9 Å². The predicted molar refractivity (Wildman–Crippen MR) is 91.8 cm³/mol. The molecule has 0 aromatic heterocycles. The van der Waals surface area contributed by atoms with E-state index in [1.54, 1.807) is 16.7 Å². The normalized spacial score (nSPS) is 21.0. The van der Waals surface area contributed by atoms with E-state index in [0.717, 1.165) is 6.42 Å². The number of hydrogen-bond donors (Lipinski definition) is 2. The zero-order valence-corrected chi connectivity index (χ0v) is 14.4. The third-order valence-electron chi connectivity index (χ3n) is 4.15. The summed E-state index contributed by atoms with van der Waals surface area (Å²) in [6.45, 7) is 3.47. The molecule has 0 bridgehead atoms. The van der Waals surface area contributed by atoms with E-state index >= 15 is 0 Å². The van der Waals surface area contributed by atoms with E-state index in [2.05, 4.69) is 29.6 Å². The first-order chi connectivity index (χ1) is 11.0. The molecule has 1 fully saturated rings. The van der Waals surface area contributed by atoms with Crippen molar-refractivity contribution in [2.45, 2.75) is 24.7 Å². The summed E-state index contributed by atoms with van der Waals surface area (Å²) in [5, 5.41) is 12.1. The number of carboxylic acid groups (broad SMARTS) is 1. The number of likely N-dealkylation sites (tertiary alicyclic amines) is 1. The summed E-state index contributed by atoms with van der Waals surface area (Å²) in [6, 6.07) is 8.13. The van der Waals surface area contributed by atoms with Gasteiger partial charge in [0.1, 0.15) is 0 Å². The fourth-order valence-electron chi connectivity index (χ4n) is 2.91. The monoisotopic (exact) mass is 336 g/mol. The summed E-state index contributed by atoms with van der Waals surface area (Å²) < 4.78 is 0. The second-order valence-corrected chi connectivity index (χ2v) is 6.99. The maximum Gasteiger partial charge on any atom is 0.317 e. The van der Waals surface area contributed by atoms with Gasteiger partial charge in [-0.3, -0.25) is 4.79 Å². The van der Waals surface area contributed by atoms with E-state index in [0.29, 0.717) is 26.1 Å². The maximum atomic E-state index is 12.2. The standard InChI is InChI=1S/C17H24N2O3S/c1-12-9-14(16(20)21)11-19(10-12)17(22)18-8-7-13-3-5-15(23-2)6-4-13/h3-6,12,14H,7-11H2,1-2H3,(H,18,22)(H,20,21). The number of carbonyl (C=O) groups is 2. The number of thioether (sulfide) groups is 1. The van der Waals surface area contributed by atoms with Crippen LogP contribution >= 0.6 is 11.8 Å². The minimum Gasteiger partial charge on any atom is -0.481 e. The van der Waals surface area contributed by atoms with Crippen LogP contribution in [0.3, 0.4) is 0 Å². The van der Waals surface area contributed by atoms with Gasteiger partial charge in [0.25, 0.3) is 0 Å². The number of aliphatic carboxylic acids is 1. The topological polar surface area (TPSA) is 69.6 Å². The minimum atomic E-state index is -0.816. The third-order valence-corrected chi connectivity index (χ3v) is 4.89. The Morgan fingerprint density at radius 3 is 2.61 bits per heavy atom. The van der Waals surface area contributed by atoms with E-state index in [9.17, 15) is 9.59 Å². The molecule has 1 heterocycles. The Morgan fingerprint density at radius 2 is 2.00 bits per heavy atom. The molecule has 0 radical (unpaired) electrons. The molecule has 1 aliphatic heterocycles. The zero-order chi connectivity index (χ0) is 16.8. The number of nitrogens with one attached hydrogen (secondary N) is 1. The molecular formula is C17H24N2O3S. The highest BCUT2D eigenvalue weighted by atomic mass is 32.2. The average molecular weight is 336 g/mol. The second-order valence-electron chi connectivity index (χ2n) is 6.11. The van der Waals surface area contributed by atoms with Crippen LogP contribution in [0.5, 0.6) is 0 Å². The van der Waals surface area contributed by atoms with Gasteiger partial charge < -0.3 is 15.3 Å². The Hall–Kier alpha value is -1.69. The largest absolute Gasteiger partial charge is 0.481 e. The van der Waals surface area contributed by atoms with Crippen LogP contribution < -0.4 is 5.32 Å². The first kappa shape index (κ1) is 17.7. The molecule has 2 N–H and O–H groups in total. The number of amides is 2. The van der Waals surface area contributed by atoms with Gasteiger partial charge in [0.2, 0.25) is 0 Å². The number of carbonyl (C=O) groups excluding carboxylic acids is 1. The summed E-state index contributed by atoms with van der Waals surface area (Å²) in [4.78, 5) is 26.2. The molecule has 2 atom stereocenters. The summed E-state index contributed by atoms with van der Waals surface area (Å²) in [6.07, 6.45) is 3.45. The highest BCUT2D eigenvalue weighted by Gasteiger charge is 2.31. The first-order valence-electron chi connectivity index (χ1n) is 7.88. The lowest BCUT2D eigenvalue weighted by Crippen LogP contribution is -2.49. The van der Waals surface area contributed by atoms with Gasteiger partial charge in [-0.15, -0.1) is 11.8 Å². The van der Waals surface area contributed by atoms with Crippen molar-refractivity contribution in [2.24, 2.45) is 11.8 Å². The van der Waals surface area contributed by atoms with Crippen LogP contribution in [0.2, 0.25) is 0 Å². The minimum absolute atomic E-state index is 0.163. The Kier molecular flexibility index (Phi) is 6.33. The second kappa shape index (κ2) is 8.24. The number of urea groups is 1. The van der Waals surface area contributed by atoms with Crippen LogP contribution in [0.15, 0.2) is 29.2 Å². The van der Waals surface area contributed by atoms with Crippen molar-refractivity contribution in [3.63, 3.8) is 0 Å². The Morgan fingerprint density at radius 1 is 1.30 bits per heavy atom. The maximum absolute atomic E-state index is 12.2. The molecule has 2 amide bonds. The van der Waals surface area contributed by atoms with E-state index in [4.69, 9.17) is 5.11 Å². The fourth-order valence-corrected chi connectivity index (χ4v) is 3.32. The van der Waals surface area contributed by atoms with Crippen molar-refractivity contribution in [3.05, 3.63) is 29.8 Å². The summed E-state index contributed by atoms with van der Waals surface area (Å²) >= 11 is 1.70. The Labute approximate surface area is 141 Å². The number of piperidine rings is 1. The van der Waals surface area contributed by atoms with Crippen LogP contribution in [-0.4, -0.2) is 47.9 Å². The number of benzene rings is 1. The van der Waals surface area contributed by atoms with Crippen molar-refractivity contribution in [3.8, 4) is 0 Å². The van der Waals surface area contributed by atoms with Gasteiger partial charge >= 0.3 is 12.0 Å². The van der Waals surface area contributed by atoms with Crippen LogP contribution in [0.4, 0.5) is 4.79 Å². The molecule has 23 heavy (non-hydrogen) atoms. The number of carboxylic acids is 1. The molecule has 1 aromatic carbocycles. The molecule has 2 rings (SSSR count). The van der Waals surface area contributed by atoms with Crippen molar-refractivity contribution >= 4 is 23.8 Å². The van der Waals surface area contributed by atoms with E-state index < -0.39 is 11.9 Å². The van der Waals surface area contributed by atoms with Crippen molar-refractivity contribution in [2.75, 3.05) is 25.9 Å². The van der Waals surface area contributed by atoms with E-state index in [-0.39, 0.29) is 11.9 Å². The molecular weight excluding hydrogens is 312 g/mol. The zero-order valence-electron chi connectivity index (χ0n) is 13.6. The molecule has 1 aliphatic rings. The lowest BCUT2D eigenvalue weighted by molar-refractivity contribution is -0.143. The van der Waals surface area contributed by atoms with Crippen LogP contribution in [0.25, 0.3) is 0 Å². The highest BCUT2D eigenvalue weighted by molar-refractivity contribution is 7.98. The average Bonchev–Trinajstić information content (AvgIpc) is 2.54. The van der Waals surface area contributed by atoms with Crippen molar-refractivity contribution in [1.29, 1.82) is 0 Å². The molecule has 1 aromatic rings. The van der Waals surface area contributed by atoms with Gasteiger partial charge in [0.05, 0.1) is 5.92 Å². The predicted octanol–water partition coefficient (Wildman–Crippen LogP) is 2.70. The van der Waals surface area contributed by atoms with Crippen molar-refractivity contribution in [1.82, 2.24) is 10.2 Å². The van der Waals surface area contributed by atoms with E-state index in [1.807, 2.05) is 13.2 Å². The van der Waals surface area contributed by atoms with Gasteiger partial charge in [-0.25, -0.2) is 4.79 Å². The van der Waals surface area contributed by atoms with Gasteiger partial charge in [0, 0.05) is 24.5 Å². The number of rotatable bonds is 5. The number of hydrogen-bond acceptors (Lipinski definition) is 3. The lowest BCUT2D eigenvalue weighted by Gasteiger charge is -2.34. The molecule has 0 saturated carbocycles. The summed E-state index contributed by atoms with van der Waals surface area (Å²) in [7, 11) is 0. The summed E-state index contributed by atoms with van der Waals surface area (Å²) in [5.74, 6) is -1.05. The smallest absolute Gasteiger partial charge is 0.317 e. The van der Waals surface area contributed by atoms with Gasteiger partial charge in [-0.05, 0) is 42.7 Å². The molecule has 5 nitrogen and oxygen atoms in total. The first-order valence-corrected chi connectivity index (χ1v) is 9.10. The fraction of sp³-hybridized carbons (Fsp3) is 0.529. The van der Waals surface area contributed by atoms with Gasteiger partial charge in [-0.2, -0.15) is 0 Å². The molecule has 0 spiro atoms. The molecule has 2 unspecified atom stereocenters. The Bertz CT molecular complexity index is 547. The third kappa shape index (κ3) is 5.16. The molecule has 0 aliphatic carbocycles. The highest BCUT2D eigenvalue weighted by Crippen LogP contribution is 2.21. The molecule has 126 valence electrons. The van der Waals surface area contributed by atoms with Crippen molar-refractivity contribution < 1.29 is 14.7 Å². The Balaban J connectivity index is 1.80. The quantitative estimate of drug-likeness (QED) is 0.811. The molecule has 6 heteroatoms. The van der Waals surface area contributed by atoms with Crippen LogP contribution in [-0.2, 0) is 11.2 Å². The van der Waals surface area contributed by atoms with Crippen LogP contribution in [0, 0.1) is 11.8 Å². The van der Waals surface area contributed by atoms with E-state index in [1.165, 1.54) is 10.5 Å². The SMILES string of the molecule is CSc1ccc(CCNC(=O)N2CC(C)CC(C(=O)O)C2)cc1. The van der Waals surface area contributed by atoms with Gasteiger partial charge in [0.15, 0.2) is 0 Å². The lowest BCUT2D eigenvalue weighted by atomic mass is 9.91. The molecule has 1 saturated heterocycles. The number of nitrogens with zero attached hydrogens (tertiary/aromatic N) is 1.